The minimum Gasteiger partial charge on any atom is -0.460 e. The van der Waals surface area contributed by atoms with Gasteiger partial charge in [-0.2, -0.15) is 0 Å². The first-order valence-electron chi connectivity index (χ1n) is 5.72. The van der Waals surface area contributed by atoms with Crippen LogP contribution in [-0.2, 0) is 9.53 Å². The largest absolute Gasteiger partial charge is 0.460 e. The molecule has 1 heterocycles. The van der Waals surface area contributed by atoms with Crippen molar-refractivity contribution in [2.24, 2.45) is 5.92 Å². The Balaban J connectivity index is 2.48. The normalized spacial score (nSPS) is 28.9. The van der Waals surface area contributed by atoms with Crippen molar-refractivity contribution in [3.63, 3.8) is 0 Å². The van der Waals surface area contributed by atoms with Crippen molar-refractivity contribution in [1.82, 2.24) is 4.90 Å². The van der Waals surface area contributed by atoms with E-state index in [1.165, 1.54) is 0 Å². The second-order valence-corrected chi connectivity index (χ2v) is 5.58. The summed E-state index contributed by atoms with van der Waals surface area (Å²) in [5.41, 5.74) is -0.357. The molecule has 0 aromatic rings. The Bertz CT molecular complexity index is 232. The molecule has 0 radical (unpaired) electrons. The number of esters is 1. The molecule has 1 unspecified atom stereocenters. The Kier molecular flexibility index (Phi) is 3.77. The number of hydrogen-bond acceptors (Lipinski definition) is 3. The second-order valence-electron chi connectivity index (χ2n) is 5.58. The number of nitrogens with zero attached hydrogens (tertiary/aromatic N) is 1. The lowest BCUT2D eigenvalue weighted by molar-refractivity contribution is -0.162. The number of likely N-dealkylation sites (tertiary alicyclic amines) is 1. The van der Waals surface area contributed by atoms with Crippen LogP contribution in [0.1, 0.15) is 40.5 Å². The maximum absolute atomic E-state index is 11.8. The average Bonchev–Trinajstić information content (AvgIpc) is 2.06. The van der Waals surface area contributed by atoms with E-state index >= 15 is 0 Å². The monoisotopic (exact) mass is 213 g/mol. The highest BCUT2D eigenvalue weighted by atomic mass is 16.6. The highest BCUT2D eigenvalue weighted by Crippen LogP contribution is 2.24. The average molecular weight is 213 g/mol. The fourth-order valence-corrected chi connectivity index (χ4v) is 1.89. The maximum atomic E-state index is 11.8. The number of carbonyl (C=O) groups excluding carboxylic acids is 1. The molecule has 0 amide bonds. The van der Waals surface area contributed by atoms with Crippen molar-refractivity contribution in [3.8, 4) is 0 Å². The first-order valence-corrected chi connectivity index (χ1v) is 5.72. The van der Waals surface area contributed by atoms with Gasteiger partial charge in [0.15, 0.2) is 0 Å². The summed E-state index contributed by atoms with van der Waals surface area (Å²) >= 11 is 0. The van der Waals surface area contributed by atoms with Gasteiger partial charge in [0.25, 0.3) is 0 Å². The smallest absolute Gasteiger partial charge is 0.309 e. The van der Waals surface area contributed by atoms with E-state index < -0.39 is 0 Å². The van der Waals surface area contributed by atoms with E-state index in [2.05, 4.69) is 18.9 Å². The van der Waals surface area contributed by atoms with E-state index in [-0.39, 0.29) is 17.5 Å². The third kappa shape index (κ3) is 3.82. The van der Waals surface area contributed by atoms with Gasteiger partial charge in [-0.05, 0) is 54.1 Å². The van der Waals surface area contributed by atoms with Crippen molar-refractivity contribution >= 4 is 5.97 Å². The zero-order chi connectivity index (χ0) is 11.6. The molecule has 1 fully saturated rings. The first-order chi connectivity index (χ1) is 6.79. The molecule has 0 aromatic heterocycles. The lowest BCUT2D eigenvalue weighted by atomic mass is 9.92. The van der Waals surface area contributed by atoms with Gasteiger partial charge in [-0.3, -0.25) is 4.79 Å². The van der Waals surface area contributed by atoms with Gasteiger partial charge in [0.05, 0.1) is 5.92 Å². The van der Waals surface area contributed by atoms with Gasteiger partial charge in [0.2, 0.25) is 0 Å². The molecule has 3 heteroatoms. The van der Waals surface area contributed by atoms with E-state index in [9.17, 15) is 4.79 Å². The Hall–Kier alpha value is -0.570. The van der Waals surface area contributed by atoms with E-state index in [1.54, 1.807) is 0 Å². The first kappa shape index (κ1) is 12.5. The Morgan fingerprint density at radius 1 is 1.40 bits per heavy atom. The molecular formula is C12H23NO2. The van der Waals surface area contributed by atoms with Crippen LogP contribution in [-0.4, -0.2) is 36.1 Å². The molecule has 1 rings (SSSR count). The molecule has 1 aliphatic rings. The van der Waals surface area contributed by atoms with Crippen LogP contribution in [0.3, 0.4) is 0 Å². The predicted molar refractivity (Wildman–Crippen MR) is 60.7 cm³/mol. The summed E-state index contributed by atoms with van der Waals surface area (Å²) in [4.78, 5) is 14.1. The molecule has 88 valence electrons. The van der Waals surface area contributed by atoms with E-state index in [0.29, 0.717) is 6.04 Å². The molecule has 1 aliphatic heterocycles. The summed E-state index contributed by atoms with van der Waals surface area (Å²) in [5, 5.41) is 0. The number of ether oxygens (including phenoxy) is 1. The second kappa shape index (κ2) is 4.52. The lowest BCUT2D eigenvalue weighted by Gasteiger charge is -2.35. The summed E-state index contributed by atoms with van der Waals surface area (Å²) in [5.74, 6) is 0.0675. The minimum absolute atomic E-state index is 0.0255. The van der Waals surface area contributed by atoms with Gasteiger partial charge >= 0.3 is 5.97 Å². The topological polar surface area (TPSA) is 29.5 Å². The third-order valence-corrected chi connectivity index (χ3v) is 2.95. The fourth-order valence-electron chi connectivity index (χ4n) is 1.89. The van der Waals surface area contributed by atoms with Crippen LogP contribution < -0.4 is 0 Å². The van der Waals surface area contributed by atoms with Crippen molar-refractivity contribution in [3.05, 3.63) is 0 Å². The van der Waals surface area contributed by atoms with Gasteiger partial charge in [0.1, 0.15) is 5.60 Å². The molecule has 0 N–H and O–H groups in total. The minimum atomic E-state index is -0.357. The van der Waals surface area contributed by atoms with Crippen LogP contribution in [0.25, 0.3) is 0 Å². The molecule has 2 atom stereocenters. The standard InChI is InChI=1S/C12H23NO2/c1-9-8-10(6-7-13(9)5)11(14)15-12(2,3)4/h9-10H,6-8H2,1-5H3/t9?,10-/m0/s1. The van der Waals surface area contributed by atoms with E-state index in [1.807, 2.05) is 20.8 Å². The Morgan fingerprint density at radius 2 is 2.00 bits per heavy atom. The number of rotatable bonds is 1. The van der Waals surface area contributed by atoms with Gasteiger partial charge < -0.3 is 9.64 Å². The number of piperidine rings is 1. The summed E-state index contributed by atoms with van der Waals surface area (Å²) in [6, 6.07) is 0.483. The quantitative estimate of drug-likeness (QED) is 0.624. The van der Waals surface area contributed by atoms with Crippen LogP contribution in [0.5, 0.6) is 0 Å². The van der Waals surface area contributed by atoms with Gasteiger partial charge in [0, 0.05) is 6.04 Å². The molecule has 0 saturated carbocycles. The maximum Gasteiger partial charge on any atom is 0.309 e. The van der Waals surface area contributed by atoms with Gasteiger partial charge in [-0.25, -0.2) is 0 Å². The molecule has 0 aromatic carbocycles. The molecule has 1 saturated heterocycles. The zero-order valence-corrected chi connectivity index (χ0v) is 10.5. The molecule has 0 bridgehead atoms. The summed E-state index contributed by atoms with van der Waals surface area (Å²) in [6.45, 7) is 8.91. The van der Waals surface area contributed by atoms with E-state index in [4.69, 9.17) is 4.74 Å². The number of hydrogen-bond donors (Lipinski definition) is 0. The van der Waals surface area contributed by atoms with Crippen molar-refractivity contribution < 1.29 is 9.53 Å². The summed E-state index contributed by atoms with van der Waals surface area (Å²) < 4.78 is 5.40. The van der Waals surface area contributed by atoms with Crippen LogP contribution in [0.4, 0.5) is 0 Å². The molecule has 3 nitrogen and oxygen atoms in total. The van der Waals surface area contributed by atoms with Crippen molar-refractivity contribution in [1.29, 1.82) is 0 Å². The molecule has 15 heavy (non-hydrogen) atoms. The van der Waals surface area contributed by atoms with Crippen LogP contribution in [0.2, 0.25) is 0 Å². The Morgan fingerprint density at radius 3 is 2.47 bits per heavy atom. The predicted octanol–water partition coefficient (Wildman–Crippen LogP) is 2.06. The highest BCUT2D eigenvalue weighted by Gasteiger charge is 2.31. The van der Waals surface area contributed by atoms with Crippen molar-refractivity contribution in [2.75, 3.05) is 13.6 Å². The van der Waals surface area contributed by atoms with Crippen LogP contribution in [0, 0.1) is 5.92 Å². The van der Waals surface area contributed by atoms with Crippen LogP contribution in [0.15, 0.2) is 0 Å². The molecule has 0 spiro atoms. The highest BCUT2D eigenvalue weighted by molar-refractivity contribution is 5.73. The van der Waals surface area contributed by atoms with Gasteiger partial charge in [-0.15, -0.1) is 0 Å². The Labute approximate surface area is 92.8 Å². The third-order valence-electron chi connectivity index (χ3n) is 2.95. The summed E-state index contributed by atoms with van der Waals surface area (Å²) in [7, 11) is 2.11. The SMILES string of the molecule is CC1C[C@@H](C(=O)OC(C)(C)C)CCN1C. The van der Waals surface area contributed by atoms with Crippen molar-refractivity contribution in [2.45, 2.75) is 52.2 Å². The fraction of sp³-hybridized carbons (Fsp3) is 0.917. The van der Waals surface area contributed by atoms with Gasteiger partial charge in [-0.1, -0.05) is 0 Å². The summed E-state index contributed by atoms with van der Waals surface area (Å²) in [6.07, 6.45) is 1.85. The number of carbonyl (C=O) groups is 1. The lowest BCUT2D eigenvalue weighted by Crippen LogP contribution is -2.41. The van der Waals surface area contributed by atoms with Crippen LogP contribution >= 0.6 is 0 Å². The molecular weight excluding hydrogens is 190 g/mol. The molecule has 0 aliphatic carbocycles. The van der Waals surface area contributed by atoms with E-state index in [0.717, 1.165) is 19.4 Å². The zero-order valence-electron chi connectivity index (χ0n) is 10.5.